The molecule has 0 atom stereocenters. The van der Waals surface area contributed by atoms with Crippen molar-refractivity contribution in [2.45, 2.75) is 6.42 Å². The molecule has 2 amide bonds. The lowest BCUT2D eigenvalue weighted by molar-refractivity contribution is -0.119. The SMILES string of the molecule is NC(=O)COc1cccc(C(=O)Nc2ncc(Cc3ccc(F)cc3)s2)c1. The van der Waals surface area contributed by atoms with Gasteiger partial charge in [0.15, 0.2) is 11.7 Å². The third-order valence-corrected chi connectivity index (χ3v) is 4.46. The van der Waals surface area contributed by atoms with Crippen molar-refractivity contribution in [1.29, 1.82) is 0 Å². The summed E-state index contributed by atoms with van der Waals surface area (Å²) in [4.78, 5) is 28.3. The van der Waals surface area contributed by atoms with Gasteiger partial charge < -0.3 is 10.5 Å². The molecule has 0 aliphatic carbocycles. The van der Waals surface area contributed by atoms with Gasteiger partial charge in [0.2, 0.25) is 0 Å². The van der Waals surface area contributed by atoms with Crippen molar-refractivity contribution in [2.24, 2.45) is 5.73 Å². The summed E-state index contributed by atoms with van der Waals surface area (Å²) in [5.74, 6) is -0.848. The molecule has 0 aliphatic rings. The zero-order valence-electron chi connectivity index (χ0n) is 14.1. The van der Waals surface area contributed by atoms with Crippen molar-refractivity contribution in [1.82, 2.24) is 4.98 Å². The molecule has 3 N–H and O–H groups in total. The van der Waals surface area contributed by atoms with E-state index in [9.17, 15) is 14.0 Å². The van der Waals surface area contributed by atoms with E-state index in [0.29, 0.717) is 22.9 Å². The third kappa shape index (κ3) is 5.35. The maximum atomic E-state index is 13.0. The Morgan fingerprint density at radius 2 is 1.96 bits per heavy atom. The number of primary amides is 1. The Labute approximate surface area is 158 Å². The first kappa shape index (κ1) is 18.5. The van der Waals surface area contributed by atoms with E-state index >= 15 is 0 Å². The summed E-state index contributed by atoms with van der Waals surface area (Å²) in [6.07, 6.45) is 2.28. The second kappa shape index (κ2) is 8.41. The van der Waals surface area contributed by atoms with Crippen LogP contribution in [0.1, 0.15) is 20.8 Å². The Morgan fingerprint density at radius 3 is 2.70 bits per heavy atom. The number of rotatable bonds is 7. The Balaban J connectivity index is 1.63. The fraction of sp³-hybridized carbons (Fsp3) is 0.105. The lowest BCUT2D eigenvalue weighted by atomic mass is 10.1. The van der Waals surface area contributed by atoms with Crippen LogP contribution >= 0.6 is 11.3 Å². The molecule has 6 nitrogen and oxygen atoms in total. The average molecular weight is 385 g/mol. The van der Waals surface area contributed by atoms with Crippen molar-refractivity contribution < 1.29 is 18.7 Å². The van der Waals surface area contributed by atoms with Gasteiger partial charge in [-0.05, 0) is 35.9 Å². The zero-order valence-corrected chi connectivity index (χ0v) is 15.0. The minimum atomic E-state index is -0.596. The van der Waals surface area contributed by atoms with E-state index in [1.54, 1.807) is 36.5 Å². The number of hydrogen-bond acceptors (Lipinski definition) is 5. The van der Waals surface area contributed by atoms with Crippen LogP contribution in [-0.4, -0.2) is 23.4 Å². The lowest BCUT2D eigenvalue weighted by Crippen LogP contribution is -2.20. The maximum Gasteiger partial charge on any atom is 0.257 e. The van der Waals surface area contributed by atoms with Crippen LogP contribution in [0.5, 0.6) is 5.75 Å². The molecule has 0 spiro atoms. The minimum Gasteiger partial charge on any atom is -0.484 e. The van der Waals surface area contributed by atoms with Gasteiger partial charge in [-0.3, -0.25) is 14.9 Å². The van der Waals surface area contributed by atoms with Crippen LogP contribution in [0.25, 0.3) is 0 Å². The van der Waals surface area contributed by atoms with Gasteiger partial charge in [0.1, 0.15) is 11.6 Å². The molecular formula is C19H16FN3O3S. The van der Waals surface area contributed by atoms with E-state index in [4.69, 9.17) is 10.5 Å². The molecule has 27 heavy (non-hydrogen) atoms. The second-order valence-electron chi connectivity index (χ2n) is 5.67. The number of aromatic nitrogens is 1. The maximum absolute atomic E-state index is 13.0. The molecule has 0 unspecified atom stereocenters. The summed E-state index contributed by atoms with van der Waals surface area (Å²) in [6.45, 7) is -0.260. The minimum absolute atomic E-state index is 0.260. The fourth-order valence-corrected chi connectivity index (χ4v) is 3.14. The van der Waals surface area contributed by atoms with Gasteiger partial charge in [-0.1, -0.05) is 18.2 Å². The number of carbonyl (C=O) groups is 2. The highest BCUT2D eigenvalue weighted by Gasteiger charge is 2.11. The van der Waals surface area contributed by atoms with Gasteiger partial charge in [-0.15, -0.1) is 11.3 Å². The van der Waals surface area contributed by atoms with Crippen LogP contribution in [0.2, 0.25) is 0 Å². The van der Waals surface area contributed by atoms with E-state index < -0.39 is 5.91 Å². The summed E-state index contributed by atoms with van der Waals surface area (Å²) in [7, 11) is 0. The number of ether oxygens (including phenoxy) is 1. The van der Waals surface area contributed by atoms with Crippen molar-refractivity contribution in [3.05, 3.63) is 76.5 Å². The second-order valence-corrected chi connectivity index (χ2v) is 6.79. The Kier molecular flexibility index (Phi) is 5.77. The van der Waals surface area contributed by atoms with E-state index in [0.717, 1.165) is 10.4 Å². The van der Waals surface area contributed by atoms with Gasteiger partial charge >= 0.3 is 0 Å². The molecule has 0 aliphatic heterocycles. The van der Waals surface area contributed by atoms with E-state index in [1.807, 2.05) is 0 Å². The first-order valence-electron chi connectivity index (χ1n) is 8.01. The van der Waals surface area contributed by atoms with Crippen LogP contribution in [0.3, 0.4) is 0 Å². The van der Waals surface area contributed by atoms with Crippen molar-refractivity contribution in [3.8, 4) is 5.75 Å². The zero-order chi connectivity index (χ0) is 19.2. The van der Waals surface area contributed by atoms with E-state index in [-0.39, 0.29) is 18.3 Å². The number of nitrogens with two attached hydrogens (primary N) is 1. The molecule has 8 heteroatoms. The summed E-state index contributed by atoms with van der Waals surface area (Å²) >= 11 is 1.34. The third-order valence-electron chi connectivity index (χ3n) is 3.54. The van der Waals surface area contributed by atoms with Crippen molar-refractivity contribution in [3.63, 3.8) is 0 Å². The predicted octanol–water partition coefficient (Wildman–Crippen LogP) is 2.99. The standard InChI is InChI=1S/C19H16FN3O3S/c20-14-6-4-12(5-7-14)8-16-10-22-19(27-16)23-18(25)13-2-1-3-15(9-13)26-11-17(21)24/h1-7,9-10H,8,11H2,(H2,21,24)(H,22,23,25). The normalized spacial score (nSPS) is 10.4. The molecule has 2 aromatic carbocycles. The number of halogens is 1. The van der Waals surface area contributed by atoms with Crippen molar-refractivity contribution in [2.75, 3.05) is 11.9 Å². The van der Waals surface area contributed by atoms with Crippen LogP contribution in [0.4, 0.5) is 9.52 Å². The van der Waals surface area contributed by atoms with Crippen LogP contribution in [0.15, 0.2) is 54.7 Å². The Hall–Kier alpha value is -3.26. The summed E-state index contributed by atoms with van der Waals surface area (Å²) in [6, 6.07) is 12.7. The highest BCUT2D eigenvalue weighted by molar-refractivity contribution is 7.15. The number of nitrogens with one attached hydrogen (secondary N) is 1. The largest absolute Gasteiger partial charge is 0.484 e. The monoisotopic (exact) mass is 385 g/mol. The van der Waals surface area contributed by atoms with Gasteiger partial charge in [-0.2, -0.15) is 0 Å². The Bertz CT molecular complexity index is 957. The summed E-state index contributed by atoms with van der Waals surface area (Å²) in [5, 5.41) is 3.19. The molecule has 0 bridgehead atoms. The summed E-state index contributed by atoms with van der Waals surface area (Å²) in [5.41, 5.74) is 6.36. The first-order chi connectivity index (χ1) is 13.0. The number of benzene rings is 2. The fourth-order valence-electron chi connectivity index (χ4n) is 2.30. The molecule has 3 rings (SSSR count). The molecule has 0 radical (unpaired) electrons. The number of nitrogens with zero attached hydrogens (tertiary/aromatic N) is 1. The van der Waals surface area contributed by atoms with Gasteiger partial charge in [0, 0.05) is 23.1 Å². The predicted molar refractivity (Wildman–Crippen MR) is 100 cm³/mol. The number of thiazole rings is 1. The topological polar surface area (TPSA) is 94.3 Å². The molecule has 138 valence electrons. The summed E-state index contributed by atoms with van der Waals surface area (Å²) < 4.78 is 18.2. The number of amides is 2. The highest BCUT2D eigenvalue weighted by atomic mass is 32.1. The number of hydrogen-bond donors (Lipinski definition) is 2. The molecular weight excluding hydrogens is 369 g/mol. The first-order valence-corrected chi connectivity index (χ1v) is 8.83. The molecule has 1 aromatic heterocycles. The Morgan fingerprint density at radius 1 is 1.19 bits per heavy atom. The van der Waals surface area contributed by atoms with Gasteiger partial charge in [0.25, 0.3) is 11.8 Å². The molecule has 0 saturated carbocycles. The highest BCUT2D eigenvalue weighted by Crippen LogP contribution is 2.22. The van der Waals surface area contributed by atoms with Crippen LogP contribution < -0.4 is 15.8 Å². The van der Waals surface area contributed by atoms with E-state index in [2.05, 4.69) is 10.3 Å². The quantitative estimate of drug-likeness (QED) is 0.654. The van der Waals surface area contributed by atoms with Crippen molar-refractivity contribution >= 4 is 28.3 Å². The molecule has 3 aromatic rings. The molecule has 0 saturated heterocycles. The van der Waals surface area contributed by atoms with E-state index in [1.165, 1.54) is 29.5 Å². The lowest BCUT2D eigenvalue weighted by Gasteiger charge is -2.06. The van der Waals surface area contributed by atoms with Crippen LogP contribution in [0, 0.1) is 5.82 Å². The average Bonchev–Trinajstić information content (AvgIpc) is 3.09. The molecule has 0 fully saturated rings. The smallest absolute Gasteiger partial charge is 0.257 e. The number of anilines is 1. The number of carbonyl (C=O) groups excluding carboxylic acids is 2. The van der Waals surface area contributed by atoms with Crippen LogP contribution in [-0.2, 0) is 11.2 Å². The van der Waals surface area contributed by atoms with Gasteiger partial charge in [0.05, 0.1) is 0 Å². The van der Waals surface area contributed by atoms with Gasteiger partial charge in [-0.25, -0.2) is 9.37 Å². The molecule has 1 heterocycles.